The molecule has 0 atom stereocenters. The van der Waals surface area contributed by atoms with Crippen molar-refractivity contribution in [3.8, 4) is 0 Å². The van der Waals surface area contributed by atoms with Crippen LogP contribution in [-0.4, -0.2) is 40.7 Å². The Morgan fingerprint density at radius 2 is 2.06 bits per heavy atom. The van der Waals surface area contributed by atoms with Gasteiger partial charge in [0.15, 0.2) is 0 Å². The number of carboxylic acid groups (broad SMARTS) is 1. The minimum absolute atomic E-state index is 0.297. The Hall–Kier alpha value is -1.14. The number of carbonyl (C=O) groups is 1. The topological polar surface area (TPSA) is 72.3 Å². The summed E-state index contributed by atoms with van der Waals surface area (Å²) in [6, 6.07) is 0. The molecule has 0 saturated carbocycles. The quantitative estimate of drug-likeness (QED) is 0.604. The molecule has 0 aliphatic heterocycles. The molecule has 1 N–H and O–H groups in total. The summed E-state index contributed by atoms with van der Waals surface area (Å²) >= 11 is 1.37. The molecule has 0 radical (unpaired) electrons. The van der Waals surface area contributed by atoms with E-state index in [1.54, 1.807) is 7.11 Å². The summed E-state index contributed by atoms with van der Waals surface area (Å²) in [7, 11) is 1.61. The van der Waals surface area contributed by atoms with Crippen LogP contribution in [-0.2, 0) is 17.6 Å². The smallest absolute Gasteiger partial charge is 0.338 e. The van der Waals surface area contributed by atoms with Crippen molar-refractivity contribution >= 4 is 17.7 Å². The first-order valence-corrected chi connectivity index (χ1v) is 6.87. The molecule has 0 aliphatic carbocycles. The van der Waals surface area contributed by atoms with E-state index >= 15 is 0 Å². The van der Waals surface area contributed by atoms with E-state index in [4.69, 9.17) is 4.74 Å². The van der Waals surface area contributed by atoms with E-state index < -0.39 is 5.97 Å². The largest absolute Gasteiger partial charge is 0.478 e. The highest BCUT2D eigenvalue weighted by Gasteiger charge is 2.20. The highest BCUT2D eigenvalue weighted by atomic mass is 32.2. The molecule has 5 nitrogen and oxygen atoms in total. The predicted molar refractivity (Wildman–Crippen MR) is 70.3 cm³/mol. The van der Waals surface area contributed by atoms with Gasteiger partial charge in [0.1, 0.15) is 5.03 Å². The fraction of sp³-hybridized carbons (Fsp3) is 0.583. The zero-order chi connectivity index (χ0) is 13.5. The maximum Gasteiger partial charge on any atom is 0.338 e. The predicted octanol–water partition coefficient (Wildman–Crippen LogP) is 2.04. The van der Waals surface area contributed by atoms with Crippen LogP contribution in [0.3, 0.4) is 0 Å². The molecular weight excluding hydrogens is 252 g/mol. The fourth-order valence-corrected chi connectivity index (χ4v) is 2.59. The molecule has 0 aliphatic rings. The molecule has 6 heteroatoms. The second kappa shape index (κ2) is 7.33. The Bertz CT molecular complexity index is 424. The number of ether oxygens (including phenoxy) is 1. The van der Waals surface area contributed by atoms with E-state index in [9.17, 15) is 9.90 Å². The van der Waals surface area contributed by atoms with Crippen LogP contribution < -0.4 is 0 Å². The number of nitrogens with zero attached hydrogens (tertiary/aromatic N) is 2. The molecule has 1 rings (SSSR count). The normalized spacial score (nSPS) is 10.6. The van der Waals surface area contributed by atoms with Crippen LogP contribution in [0.4, 0.5) is 0 Å². The number of hydrogen-bond donors (Lipinski definition) is 1. The lowest BCUT2D eigenvalue weighted by molar-refractivity contribution is 0.0690. The summed E-state index contributed by atoms with van der Waals surface area (Å²) in [6.45, 7) is 4.45. The van der Waals surface area contributed by atoms with Gasteiger partial charge < -0.3 is 9.84 Å². The Labute approximate surface area is 111 Å². The monoisotopic (exact) mass is 270 g/mol. The summed E-state index contributed by atoms with van der Waals surface area (Å²) in [4.78, 5) is 11.4. The van der Waals surface area contributed by atoms with Crippen LogP contribution in [0.15, 0.2) is 5.03 Å². The van der Waals surface area contributed by atoms with Gasteiger partial charge in [-0.3, -0.25) is 0 Å². The van der Waals surface area contributed by atoms with Crippen LogP contribution in [0.25, 0.3) is 0 Å². The van der Waals surface area contributed by atoms with Crippen LogP contribution in [0.2, 0.25) is 0 Å². The van der Waals surface area contributed by atoms with Gasteiger partial charge in [-0.25, -0.2) is 4.79 Å². The maximum absolute atomic E-state index is 11.4. The zero-order valence-electron chi connectivity index (χ0n) is 10.9. The van der Waals surface area contributed by atoms with Crippen molar-refractivity contribution in [2.45, 2.75) is 31.7 Å². The molecule has 18 heavy (non-hydrogen) atoms. The van der Waals surface area contributed by atoms with Crippen molar-refractivity contribution in [3.05, 3.63) is 16.8 Å². The average Bonchev–Trinajstić information content (AvgIpc) is 2.37. The van der Waals surface area contributed by atoms with E-state index in [1.165, 1.54) is 11.8 Å². The number of thioether (sulfide) groups is 1. The van der Waals surface area contributed by atoms with Gasteiger partial charge in [-0.2, -0.15) is 5.10 Å². The van der Waals surface area contributed by atoms with Gasteiger partial charge in [-0.15, -0.1) is 16.9 Å². The number of aryl methyl sites for hydroxylation is 1. The van der Waals surface area contributed by atoms with Gasteiger partial charge in [0.05, 0.1) is 17.9 Å². The molecule has 0 bridgehead atoms. The van der Waals surface area contributed by atoms with Gasteiger partial charge in [0.25, 0.3) is 0 Å². The van der Waals surface area contributed by atoms with Gasteiger partial charge >= 0.3 is 5.97 Å². The second-order valence-corrected chi connectivity index (χ2v) is 4.74. The van der Waals surface area contributed by atoms with Crippen LogP contribution in [0.5, 0.6) is 0 Å². The Kier molecular flexibility index (Phi) is 6.07. The summed E-state index contributed by atoms with van der Waals surface area (Å²) in [5.74, 6) is -0.267. The lowest BCUT2D eigenvalue weighted by atomic mass is 10.0. The number of methoxy groups -OCH3 is 1. The third kappa shape index (κ3) is 3.43. The lowest BCUT2D eigenvalue weighted by Gasteiger charge is -2.11. The number of carboxylic acids is 1. The summed E-state index contributed by atoms with van der Waals surface area (Å²) in [5.41, 5.74) is 1.86. The van der Waals surface area contributed by atoms with Gasteiger partial charge in [0.2, 0.25) is 0 Å². The Morgan fingerprint density at radius 3 is 2.56 bits per heavy atom. The van der Waals surface area contributed by atoms with Crippen LogP contribution in [0.1, 0.15) is 35.5 Å². The van der Waals surface area contributed by atoms with Crippen molar-refractivity contribution in [1.82, 2.24) is 10.2 Å². The van der Waals surface area contributed by atoms with Gasteiger partial charge in [0, 0.05) is 12.9 Å². The molecule has 0 saturated heterocycles. The lowest BCUT2D eigenvalue weighted by Crippen LogP contribution is -2.12. The molecule has 0 unspecified atom stereocenters. The minimum atomic E-state index is -0.934. The standard InChI is InChI=1S/C12H18N2O3S/c1-4-8-9(5-2)13-14-11(10(8)12(15)16)18-7-6-17-3/h4-7H2,1-3H3,(H,15,16). The number of hydrogen-bond acceptors (Lipinski definition) is 5. The third-order valence-electron chi connectivity index (χ3n) is 2.55. The van der Waals surface area contributed by atoms with Crippen molar-refractivity contribution < 1.29 is 14.6 Å². The summed E-state index contributed by atoms with van der Waals surface area (Å²) < 4.78 is 4.95. The number of rotatable bonds is 7. The first-order chi connectivity index (χ1) is 8.65. The molecule has 0 spiro atoms. The molecular formula is C12H18N2O3S. The van der Waals surface area contributed by atoms with Crippen molar-refractivity contribution in [1.29, 1.82) is 0 Å². The van der Waals surface area contributed by atoms with Gasteiger partial charge in [-0.1, -0.05) is 13.8 Å². The van der Waals surface area contributed by atoms with Crippen molar-refractivity contribution in [3.63, 3.8) is 0 Å². The zero-order valence-corrected chi connectivity index (χ0v) is 11.7. The van der Waals surface area contributed by atoms with Crippen LogP contribution in [0, 0.1) is 0 Å². The average molecular weight is 270 g/mol. The molecule has 0 amide bonds. The second-order valence-electron chi connectivity index (χ2n) is 3.66. The highest BCUT2D eigenvalue weighted by molar-refractivity contribution is 7.99. The maximum atomic E-state index is 11.4. The van der Waals surface area contributed by atoms with E-state index in [-0.39, 0.29) is 0 Å². The van der Waals surface area contributed by atoms with Crippen molar-refractivity contribution in [2.24, 2.45) is 0 Å². The molecule has 0 fully saturated rings. The van der Waals surface area contributed by atoms with Crippen LogP contribution >= 0.6 is 11.8 Å². The summed E-state index contributed by atoms with van der Waals surface area (Å²) in [6.07, 6.45) is 1.34. The van der Waals surface area contributed by atoms with Crippen molar-refractivity contribution in [2.75, 3.05) is 19.5 Å². The SMILES string of the molecule is CCc1nnc(SCCOC)c(C(=O)O)c1CC. The first kappa shape index (κ1) is 14.9. The Balaban J connectivity index is 3.13. The number of aromatic nitrogens is 2. The molecule has 100 valence electrons. The third-order valence-corrected chi connectivity index (χ3v) is 3.48. The van der Waals surface area contributed by atoms with Gasteiger partial charge in [-0.05, 0) is 18.4 Å². The highest BCUT2D eigenvalue weighted by Crippen LogP contribution is 2.25. The summed E-state index contributed by atoms with van der Waals surface area (Å²) in [5, 5.41) is 18.0. The molecule has 1 aromatic heterocycles. The Morgan fingerprint density at radius 1 is 1.33 bits per heavy atom. The minimum Gasteiger partial charge on any atom is -0.478 e. The molecule has 1 aromatic rings. The van der Waals surface area contributed by atoms with E-state index in [0.29, 0.717) is 35.8 Å². The number of aromatic carboxylic acids is 1. The fourth-order valence-electron chi connectivity index (χ4n) is 1.70. The molecule has 0 aromatic carbocycles. The van der Waals surface area contributed by atoms with E-state index in [1.807, 2.05) is 13.8 Å². The molecule has 1 heterocycles. The van der Waals surface area contributed by atoms with E-state index in [0.717, 1.165) is 11.3 Å². The van der Waals surface area contributed by atoms with E-state index in [2.05, 4.69) is 10.2 Å². The first-order valence-electron chi connectivity index (χ1n) is 5.89.